The van der Waals surface area contributed by atoms with Gasteiger partial charge >= 0.3 is 0 Å². The van der Waals surface area contributed by atoms with E-state index in [9.17, 15) is 4.79 Å². The van der Waals surface area contributed by atoms with Gasteiger partial charge in [0.25, 0.3) is 5.91 Å². The maximum absolute atomic E-state index is 12.8. The van der Waals surface area contributed by atoms with E-state index in [2.05, 4.69) is 10.1 Å². The van der Waals surface area contributed by atoms with Gasteiger partial charge in [-0.1, -0.05) is 24.2 Å². The topological polar surface area (TPSA) is 77.7 Å². The summed E-state index contributed by atoms with van der Waals surface area (Å²) in [6.07, 6.45) is -0.0770. The number of carbonyl (C=O) groups is 1. The third kappa shape index (κ3) is 4.65. The van der Waals surface area contributed by atoms with E-state index in [1.807, 2.05) is 36.6 Å². The summed E-state index contributed by atoms with van der Waals surface area (Å²) in [7, 11) is 3.28. The first-order valence-corrected chi connectivity index (χ1v) is 9.40. The lowest BCUT2D eigenvalue weighted by atomic mass is 10.2. The molecule has 142 valence electrons. The molecule has 3 aromatic rings. The van der Waals surface area contributed by atoms with Gasteiger partial charge in [-0.25, -0.2) is 0 Å². The lowest BCUT2D eigenvalue weighted by Crippen LogP contribution is -2.39. The number of hydrogen-bond acceptors (Lipinski definition) is 7. The quantitative estimate of drug-likeness (QED) is 0.587. The summed E-state index contributed by atoms with van der Waals surface area (Å²) in [4.78, 5) is 19.6. The Hall–Kier alpha value is -2.87. The van der Waals surface area contributed by atoms with Crippen molar-refractivity contribution in [2.75, 3.05) is 14.2 Å². The molecule has 0 aliphatic heterocycles. The van der Waals surface area contributed by atoms with Crippen molar-refractivity contribution < 1.29 is 18.8 Å². The van der Waals surface area contributed by atoms with Gasteiger partial charge in [0.2, 0.25) is 11.7 Å². The fourth-order valence-electron chi connectivity index (χ4n) is 2.50. The first-order chi connectivity index (χ1) is 13.1. The van der Waals surface area contributed by atoms with E-state index in [4.69, 9.17) is 14.0 Å². The number of aromatic nitrogens is 2. The Kier molecular flexibility index (Phi) is 6.08. The first kappa shape index (κ1) is 18.9. The molecule has 0 radical (unpaired) electrons. The van der Waals surface area contributed by atoms with Crippen LogP contribution in [0.25, 0.3) is 10.7 Å². The number of benzene rings is 1. The van der Waals surface area contributed by atoms with Crippen molar-refractivity contribution in [1.82, 2.24) is 15.0 Å². The summed E-state index contributed by atoms with van der Waals surface area (Å²) in [5, 5.41) is 5.91. The molecule has 2 aromatic heterocycles. The summed E-state index contributed by atoms with van der Waals surface area (Å²) < 4.78 is 16.3. The van der Waals surface area contributed by atoms with Crippen LogP contribution < -0.4 is 9.47 Å². The van der Waals surface area contributed by atoms with Crippen LogP contribution in [0.5, 0.6) is 11.5 Å². The van der Waals surface area contributed by atoms with Gasteiger partial charge in [-0.3, -0.25) is 4.79 Å². The van der Waals surface area contributed by atoms with Gasteiger partial charge in [-0.15, -0.1) is 11.3 Å². The number of carbonyl (C=O) groups excluding carboxylic acids is 1. The van der Waals surface area contributed by atoms with Crippen molar-refractivity contribution in [3.8, 4) is 22.2 Å². The molecule has 8 heteroatoms. The van der Waals surface area contributed by atoms with Gasteiger partial charge < -0.3 is 18.9 Å². The number of amides is 1. The minimum absolute atomic E-state index is 0.156. The molecule has 0 aliphatic carbocycles. The van der Waals surface area contributed by atoms with Crippen molar-refractivity contribution >= 4 is 17.2 Å². The summed E-state index contributed by atoms with van der Waals surface area (Å²) in [5.74, 6) is 2.01. The van der Waals surface area contributed by atoms with Gasteiger partial charge in [-0.05, 0) is 30.0 Å². The molecule has 0 spiro atoms. The molecule has 1 atom stereocenters. The molecule has 1 amide bonds. The maximum Gasteiger partial charge on any atom is 0.263 e. The highest BCUT2D eigenvalue weighted by atomic mass is 32.1. The van der Waals surface area contributed by atoms with E-state index < -0.39 is 6.10 Å². The van der Waals surface area contributed by atoms with Crippen LogP contribution in [0.15, 0.2) is 46.3 Å². The van der Waals surface area contributed by atoms with Crippen LogP contribution in [0.4, 0.5) is 0 Å². The van der Waals surface area contributed by atoms with E-state index in [1.54, 1.807) is 26.3 Å². The number of rotatable bonds is 8. The van der Waals surface area contributed by atoms with Crippen LogP contribution in [0.1, 0.15) is 19.2 Å². The molecule has 3 rings (SSSR count). The Labute approximate surface area is 161 Å². The molecule has 0 aliphatic rings. The lowest BCUT2D eigenvalue weighted by Gasteiger charge is -2.22. The second kappa shape index (κ2) is 8.68. The highest BCUT2D eigenvalue weighted by molar-refractivity contribution is 7.13. The molecular weight excluding hydrogens is 366 g/mol. The van der Waals surface area contributed by atoms with Crippen LogP contribution in [-0.2, 0) is 11.3 Å². The molecule has 0 N–H and O–H groups in total. The summed E-state index contributed by atoms with van der Waals surface area (Å²) in [5.41, 5.74) is 0. The predicted molar refractivity (Wildman–Crippen MR) is 102 cm³/mol. The van der Waals surface area contributed by atoms with E-state index in [1.165, 1.54) is 16.2 Å². The zero-order valence-electron chi connectivity index (χ0n) is 15.4. The number of nitrogens with zero attached hydrogens (tertiary/aromatic N) is 3. The second-order valence-corrected chi connectivity index (χ2v) is 6.82. The largest absolute Gasteiger partial charge is 0.497 e. The van der Waals surface area contributed by atoms with Gasteiger partial charge in [0, 0.05) is 13.1 Å². The number of hydrogen-bond donors (Lipinski definition) is 0. The van der Waals surface area contributed by atoms with E-state index >= 15 is 0 Å². The Morgan fingerprint density at radius 2 is 2.11 bits per heavy atom. The van der Waals surface area contributed by atoms with Crippen LogP contribution in [-0.4, -0.2) is 41.2 Å². The predicted octanol–water partition coefficient (Wildman–Crippen LogP) is 3.62. The smallest absolute Gasteiger partial charge is 0.263 e. The van der Waals surface area contributed by atoms with Crippen LogP contribution in [0.3, 0.4) is 0 Å². The van der Waals surface area contributed by atoms with Gasteiger partial charge in [0.15, 0.2) is 6.10 Å². The summed E-state index contributed by atoms with van der Waals surface area (Å²) in [6.45, 7) is 2.12. The second-order valence-electron chi connectivity index (χ2n) is 5.88. The Balaban J connectivity index is 1.64. The van der Waals surface area contributed by atoms with E-state index in [0.717, 1.165) is 4.88 Å². The fraction of sp³-hybridized carbons (Fsp3) is 0.316. The molecule has 27 heavy (non-hydrogen) atoms. The highest BCUT2D eigenvalue weighted by Crippen LogP contribution is 2.23. The third-order valence-corrected chi connectivity index (χ3v) is 4.79. The number of methoxy groups -OCH3 is 1. The Morgan fingerprint density at radius 3 is 2.81 bits per heavy atom. The lowest BCUT2D eigenvalue weighted by molar-refractivity contribution is -0.138. The molecule has 0 saturated carbocycles. The van der Waals surface area contributed by atoms with E-state index in [0.29, 0.717) is 29.6 Å². The molecule has 0 fully saturated rings. The molecule has 0 saturated heterocycles. The highest BCUT2D eigenvalue weighted by Gasteiger charge is 2.24. The standard InChI is InChI=1S/C19H21N3O4S/c1-4-15(25-14-8-5-7-13(11-14)24-3)19(23)22(2)12-17-20-18(21-26-17)16-9-6-10-27-16/h5-11,15H,4,12H2,1-3H3/t15-/m1/s1. The molecule has 0 bridgehead atoms. The monoisotopic (exact) mass is 387 g/mol. The van der Waals surface area contributed by atoms with Gasteiger partial charge in [-0.2, -0.15) is 4.98 Å². The average molecular weight is 387 g/mol. The molecule has 7 nitrogen and oxygen atoms in total. The molecular formula is C19H21N3O4S. The molecule has 2 heterocycles. The molecule has 1 aromatic carbocycles. The van der Waals surface area contributed by atoms with Crippen molar-refractivity contribution in [1.29, 1.82) is 0 Å². The minimum atomic E-state index is -0.609. The number of thiophene rings is 1. The fourth-order valence-corrected chi connectivity index (χ4v) is 3.15. The van der Waals surface area contributed by atoms with Crippen LogP contribution >= 0.6 is 11.3 Å². The maximum atomic E-state index is 12.8. The third-order valence-electron chi connectivity index (χ3n) is 3.92. The minimum Gasteiger partial charge on any atom is -0.497 e. The van der Waals surface area contributed by atoms with Crippen molar-refractivity contribution in [2.45, 2.75) is 26.0 Å². The van der Waals surface area contributed by atoms with Gasteiger partial charge in [0.05, 0.1) is 18.5 Å². The van der Waals surface area contributed by atoms with Crippen molar-refractivity contribution in [3.63, 3.8) is 0 Å². The first-order valence-electron chi connectivity index (χ1n) is 8.53. The summed E-state index contributed by atoms with van der Waals surface area (Å²) in [6, 6.07) is 11.0. The number of likely N-dealkylation sites (N-methyl/N-ethyl adjacent to an activating group) is 1. The SMILES string of the molecule is CC[C@@H](Oc1cccc(OC)c1)C(=O)N(C)Cc1nc(-c2cccs2)no1. The van der Waals surface area contributed by atoms with Crippen molar-refractivity contribution in [3.05, 3.63) is 47.7 Å². The Morgan fingerprint density at radius 1 is 1.30 bits per heavy atom. The van der Waals surface area contributed by atoms with Gasteiger partial charge in [0.1, 0.15) is 11.5 Å². The molecule has 0 unspecified atom stereocenters. The van der Waals surface area contributed by atoms with Crippen LogP contribution in [0.2, 0.25) is 0 Å². The normalized spacial score (nSPS) is 11.8. The summed E-state index contributed by atoms with van der Waals surface area (Å²) >= 11 is 1.53. The zero-order valence-corrected chi connectivity index (χ0v) is 16.2. The van der Waals surface area contributed by atoms with Crippen molar-refractivity contribution in [2.24, 2.45) is 0 Å². The number of ether oxygens (including phenoxy) is 2. The van der Waals surface area contributed by atoms with Crippen LogP contribution in [0, 0.1) is 0 Å². The Bertz CT molecular complexity index is 879. The zero-order chi connectivity index (χ0) is 19.2. The average Bonchev–Trinajstić information content (AvgIpc) is 3.37. The van der Waals surface area contributed by atoms with E-state index in [-0.39, 0.29) is 12.5 Å².